The van der Waals surface area contributed by atoms with Crippen molar-refractivity contribution in [3.8, 4) is 0 Å². The van der Waals surface area contributed by atoms with Gasteiger partial charge in [0.2, 0.25) is 23.6 Å². The summed E-state index contributed by atoms with van der Waals surface area (Å²) in [4.78, 5) is 71.2. The van der Waals surface area contributed by atoms with Gasteiger partial charge in [-0.3, -0.25) is 19.2 Å². The Kier molecular flexibility index (Phi) is 40.5. The number of aliphatic carboxylic acids is 2. The second kappa shape index (κ2) is 43.3. The standard InChI is InChI=1S/C47H85N5O14/c1-37(45(58)52-41(34-53)47(61)62)20-18-19-25-48-38(2)35-65-32-30-64-29-27-50-44(57)36-66-33-31-63-28-26-49-42(55)24-23-40(46(59)60)51-43(56)22-17-15-13-11-9-7-5-4-6-8-10-12-14-16-21-39(3)54/h37,40-41,48,53-54H,2-36H2,1H3,(H,49,55)(H,50,57)(H,51,56)(H,52,58)(H,59,60)(H,61,62)/t37-,40-,41-/m0/s1. The molecule has 4 amide bonds. The number of aliphatic hydroxyl groups is 2. The summed E-state index contributed by atoms with van der Waals surface area (Å²) in [6, 6.07) is -2.44. The van der Waals surface area contributed by atoms with Crippen molar-refractivity contribution in [1.29, 1.82) is 0 Å². The Balaban J connectivity index is 3.69. The summed E-state index contributed by atoms with van der Waals surface area (Å²) in [5.74, 6) is -3.95. The zero-order chi connectivity index (χ0) is 49.0. The van der Waals surface area contributed by atoms with Crippen LogP contribution in [-0.2, 0) is 47.7 Å². The fourth-order valence-electron chi connectivity index (χ4n) is 6.52. The first-order chi connectivity index (χ1) is 31.8. The molecule has 0 rings (SSSR count). The van der Waals surface area contributed by atoms with Crippen molar-refractivity contribution in [1.82, 2.24) is 26.6 Å². The Morgan fingerprint density at radius 2 is 0.955 bits per heavy atom. The van der Waals surface area contributed by atoms with Crippen LogP contribution in [0.3, 0.4) is 0 Å². The highest BCUT2D eigenvalue weighted by atomic mass is 16.5. The molecule has 382 valence electrons. The van der Waals surface area contributed by atoms with Crippen LogP contribution in [0.2, 0.25) is 0 Å². The van der Waals surface area contributed by atoms with Crippen molar-refractivity contribution in [2.24, 2.45) is 5.92 Å². The molecule has 0 aromatic carbocycles. The lowest BCUT2D eigenvalue weighted by molar-refractivity contribution is -0.143. The van der Waals surface area contributed by atoms with Crippen LogP contribution in [0.5, 0.6) is 0 Å². The highest BCUT2D eigenvalue weighted by molar-refractivity contribution is 5.85. The number of hydrogen-bond acceptors (Lipinski definition) is 13. The molecule has 0 bridgehead atoms. The van der Waals surface area contributed by atoms with Crippen LogP contribution in [0.4, 0.5) is 0 Å². The van der Waals surface area contributed by atoms with Crippen LogP contribution >= 0.6 is 0 Å². The lowest BCUT2D eigenvalue weighted by Crippen LogP contribution is -2.45. The third-order valence-corrected chi connectivity index (χ3v) is 10.5. The lowest BCUT2D eigenvalue weighted by Gasteiger charge is -2.16. The molecule has 0 aromatic heterocycles. The number of ether oxygens (including phenoxy) is 4. The number of carboxylic acid groups (broad SMARTS) is 2. The van der Waals surface area contributed by atoms with Crippen LogP contribution in [0.25, 0.3) is 0 Å². The lowest BCUT2D eigenvalue weighted by atomic mass is 10.0. The third kappa shape index (κ3) is 40.0. The van der Waals surface area contributed by atoms with E-state index in [1.807, 2.05) is 0 Å². The second-order valence-corrected chi connectivity index (χ2v) is 16.6. The summed E-state index contributed by atoms with van der Waals surface area (Å²) in [6.45, 7) is 11.3. The van der Waals surface area contributed by atoms with E-state index in [0.717, 1.165) is 44.9 Å². The molecule has 19 heteroatoms. The van der Waals surface area contributed by atoms with Gasteiger partial charge in [-0.2, -0.15) is 0 Å². The predicted molar refractivity (Wildman–Crippen MR) is 251 cm³/mol. The van der Waals surface area contributed by atoms with Gasteiger partial charge in [0.05, 0.1) is 58.6 Å². The van der Waals surface area contributed by atoms with E-state index in [4.69, 9.17) is 34.3 Å². The number of hydrogen-bond donors (Lipinski definition) is 9. The van der Waals surface area contributed by atoms with Crippen molar-refractivity contribution < 1.29 is 68.1 Å². The Bertz CT molecular complexity index is 1350. The minimum atomic E-state index is -1.30. The summed E-state index contributed by atoms with van der Waals surface area (Å²) >= 11 is 0. The predicted octanol–water partition coefficient (Wildman–Crippen LogP) is 4.42. The molecular formula is C47H85N5O14. The molecule has 0 spiro atoms. The molecule has 9 N–H and O–H groups in total. The van der Waals surface area contributed by atoms with Crippen molar-refractivity contribution in [2.75, 3.05) is 79.1 Å². The molecule has 0 heterocycles. The first-order valence-corrected chi connectivity index (χ1v) is 24.1. The first-order valence-electron chi connectivity index (χ1n) is 24.1. The van der Waals surface area contributed by atoms with Crippen LogP contribution in [0.15, 0.2) is 24.6 Å². The summed E-state index contributed by atoms with van der Waals surface area (Å²) in [7, 11) is 0. The summed E-state index contributed by atoms with van der Waals surface area (Å²) in [6.07, 6.45) is 18.9. The van der Waals surface area contributed by atoms with Crippen molar-refractivity contribution >= 4 is 35.6 Å². The van der Waals surface area contributed by atoms with Gasteiger partial charge in [-0.05, 0) is 32.1 Å². The van der Waals surface area contributed by atoms with Crippen LogP contribution in [0.1, 0.15) is 142 Å². The number of allylic oxidation sites excluding steroid dienone is 1. The minimum absolute atomic E-state index is 0.0228. The van der Waals surface area contributed by atoms with Crippen molar-refractivity contribution in [3.63, 3.8) is 0 Å². The van der Waals surface area contributed by atoms with Gasteiger partial charge < -0.3 is 66.0 Å². The number of carbonyl (C=O) groups is 6. The number of amides is 4. The number of nitrogens with one attached hydrogen (secondary N) is 5. The zero-order valence-electron chi connectivity index (χ0n) is 39.9. The monoisotopic (exact) mass is 944 g/mol. The van der Waals surface area contributed by atoms with E-state index in [9.17, 15) is 33.9 Å². The van der Waals surface area contributed by atoms with Gasteiger partial charge in [-0.15, -0.1) is 0 Å². The molecule has 0 aliphatic heterocycles. The highest BCUT2D eigenvalue weighted by Gasteiger charge is 2.22. The molecular weight excluding hydrogens is 859 g/mol. The first kappa shape index (κ1) is 61.7. The number of unbranched alkanes of at least 4 members (excludes halogenated alkanes) is 14. The average molecular weight is 944 g/mol. The van der Waals surface area contributed by atoms with E-state index < -0.39 is 36.5 Å². The fourth-order valence-corrected chi connectivity index (χ4v) is 6.52. The molecule has 0 aromatic rings. The molecule has 3 atom stereocenters. The SMILES string of the molecule is C=C(O)CCCCCCCCCCCCCCCCC(=O)N[C@@H](CCC(=O)NCCOCCOCC(=O)NCCOCCOCC(=C)NCCCC[C@H](C)C(=O)N[C@@H](CO)C(=O)O)C(=O)O. The quantitative estimate of drug-likeness (QED) is 0.0302. The Hall–Kier alpha value is -4.30. The average Bonchev–Trinajstić information content (AvgIpc) is 3.27. The smallest absolute Gasteiger partial charge is 0.328 e. The van der Waals surface area contributed by atoms with Gasteiger partial charge in [0.25, 0.3) is 0 Å². The molecule has 0 unspecified atom stereocenters. The van der Waals surface area contributed by atoms with E-state index in [1.165, 1.54) is 51.4 Å². The second-order valence-electron chi connectivity index (χ2n) is 16.6. The summed E-state index contributed by atoms with van der Waals surface area (Å²) in [5, 5.41) is 50.0. The number of carboxylic acids is 2. The highest BCUT2D eigenvalue weighted by Crippen LogP contribution is 2.15. The molecule has 0 aliphatic carbocycles. The van der Waals surface area contributed by atoms with Gasteiger partial charge in [0.1, 0.15) is 18.7 Å². The molecule has 66 heavy (non-hydrogen) atoms. The van der Waals surface area contributed by atoms with Crippen molar-refractivity contribution in [2.45, 2.75) is 154 Å². The van der Waals surface area contributed by atoms with Gasteiger partial charge >= 0.3 is 11.9 Å². The van der Waals surface area contributed by atoms with E-state index >= 15 is 0 Å². The summed E-state index contributed by atoms with van der Waals surface area (Å²) in [5.41, 5.74) is 0.696. The molecule has 0 radical (unpaired) electrons. The van der Waals surface area contributed by atoms with Gasteiger partial charge in [-0.1, -0.05) is 104 Å². The van der Waals surface area contributed by atoms with E-state index in [2.05, 4.69) is 39.7 Å². The maximum absolute atomic E-state index is 12.3. The zero-order valence-corrected chi connectivity index (χ0v) is 39.9. The normalized spacial score (nSPS) is 12.4. The third-order valence-electron chi connectivity index (χ3n) is 10.5. The minimum Gasteiger partial charge on any atom is -0.513 e. The van der Waals surface area contributed by atoms with E-state index in [0.29, 0.717) is 57.9 Å². The molecule has 0 fully saturated rings. The van der Waals surface area contributed by atoms with Crippen LogP contribution < -0.4 is 26.6 Å². The molecule has 0 aliphatic rings. The number of carbonyl (C=O) groups excluding carboxylic acids is 4. The van der Waals surface area contributed by atoms with Gasteiger partial charge in [0.15, 0.2) is 0 Å². The molecule has 19 nitrogen and oxygen atoms in total. The maximum atomic E-state index is 12.3. The fraction of sp³-hybridized carbons (Fsp3) is 0.787. The molecule has 0 saturated heterocycles. The maximum Gasteiger partial charge on any atom is 0.328 e. The Labute approximate surface area is 392 Å². The summed E-state index contributed by atoms with van der Waals surface area (Å²) < 4.78 is 21.7. The van der Waals surface area contributed by atoms with Gasteiger partial charge in [0, 0.05) is 50.5 Å². The van der Waals surface area contributed by atoms with E-state index in [-0.39, 0.29) is 88.2 Å². The largest absolute Gasteiger partial charge is 0.513 e. The number of rotatable bonds is 48. The van der Waals surface area contributed by atoms with E-state index in [1.54, 1.807) is 6.92 Å². The van der Waals surface area contributed by atoms with Gasteiger partial charge in [-0.25, -0.2) is 9.59 Å². The van der Waals surface area contributed by atoms with Crippen LogP contribution in [0, 0.1) is 5.92 Å². The van der Waals surface area contributed by atoms with Crippen LogP contribution in [-0.4, -0.2) is 147 Å². The van der Waals surface area contributed by atoms with Crippen molar-refractivity contribution in [3.05, 3.63) is 24.6 Å². The number of aliphatic hydroxyl groups excluding tert-OH is 2. The molecule has 0 saturated carbocycles. The Morgan fingerprint density at radius 1 is 0.470 bits per heavy atom. The topological polar surface area (TPSA) is 280 Å². The Morgan fingerprint density at radius 3 is 1.47 bits per heavy atom.